The van der Waals surface area contributed by atoms with E-state index in [4.69, 9.17) is 21.1 Å². The molecule has 1 saturated heterocycles. The van der Waals surface area contributed by atoms with Crippen LogP contribution in [0.1, 0.15) is 10.4 Å². The zero-order valence-corrected chi connectivity index (χ0v) is 14.9. The van der Waals surface area contributed by atoms with Crippen LogP contribution >= 0.6 is 11.6 Å². The summed E-state index contributed by atoms with van der Waals surface area (Å²) in [6.07, 6.45) is 0. The summed E-state index contributed by atoms with van der Waals surface area (Å²) in [6.45, 7) is 2.55. The lowest BCUT2D eigenvalue weighted by Crippen LogP contribution is -2.49. The van der Waals surface area contributed by atoms with E-state index in [-0.39, 0.29) is 11.9 Å². The number of anilines is 1. The zero-order chi connectivity index (χ0) is 17.8. The van der Waals surface area contributed by atoms with Crippen LogP contribution in [0.4, 0.5) is 5.82 Å². The number of hydrogen-bond acceptors (Lipinski definition) is 6. The number of benzene rings is 1. The van der Waals surface area contributed by atoms with E-state index in [0.717, 1.165) is 5.82 Å². The van der Waals surface area contributed by atoms with Crippen LogP contribution in [0, 0.1) is 0 Å². The van der Waals surface area contributed by atoms with Gasteiger partial charge < -0.3 is 19.3 Å². The molecule has 0 radical (unpaired) electrons. The third-order valence-corrected chi connectivity index (χ3v) is 4.29. The van der Waals surface area contributed by atoms with Gasteiger partial charge in [0.2, 0.25) is 5.88 Å². The van der Waals surface area contributed by atoms with Gasteiger partial charge in [-0.1, -0.05) is 11.6 Å². The number of aromatic nitrogens is 2. The van der Waals surface area contributed by atoms with Gasteiger partial charge in [-0.05, 0) is 24.3 Å². The van der Waals surface area contributed by atoms with E-state index in [9.17, 15) is 4.79 Å². The molecule has 1 aromatic heterocycles. The Hall–Kier alpha value is -2.54. The second-order valence-electron chi connectivity index (χ2n) is 5.54. The van der Waals surface area contributed by atoms with Gasteiger partial charge >= 0.3 is 6.01 Å². The summed E-state index contributed by atoms with van der Waals surface area (Å²) in [5.74, 6) is 1.18. The summed E-state index contributed by atoms with van der Waals surface area (Å²) in [5, 5.41) is 0.619. The van der Waals surface area contributed by atoms with E-state index in [2.05, 4.69) is 14.9 Å². The lowest BCUT2D eigenvalue weighted by atomic mass is 10.2. The topological polar surface area (TPSA) is 67.8 Å². The molecular weight excluding hydrogens is 344 g/mol. The quantitative estimate of drug-likeness (QED) is 0.829. The van der Waals surface area contributed by atoms with Gasteiger partial charge in [-0.15, -0.1) is 0 Å². The fourth-order valence-corrected chi connectivity index (χ4v) is 2.79. The highest BCUT2D eigenvalue weighted by atomic mass is 35.5. The Balaban J connectivity index is 1.67. The third kappa shape index (κ3) is 3.93. The van der Waals surface area contributed by atoms with Gasteiger partial charge in [0.05, 0.1) is 14.2 Å². The lowest BCUT2D eigenvalue weighted by molar-refractivity contribution is 0.0746. The van der Waals surface area contributed by atoms with Crippen molar-refractivity contribution in [1.82, 2.24) is 14.9 Å². The molecule has 0 atom stereocenters. The van der Waals surface area contributed by atoms with Crippen LogP contribution in [0.25, 0.3) is 0 Å². The summed E-state index contributed by atoms with van der Waals surface area (Å²) in [7, 11) is 3.07. The molecule has 1 aliphatic heterocycles. The molecule has 0 saturated carbocycles. The average Bonchev–Trinajstić information content (AvgIpc) is 2.67. The maximum absolute atomic E-state index is 12.6. The number of nitrogens with zero attached hydrogens (tertiary/aromatic N) is 4. The van der Waals surface area contributed by atoms with Gasteiger partial charge in [-0.2, -0.15) is 9.97 Å². The molecule has 0 spiro atoms. The fourth-order valence-electron chi connectivity index (χ4n) is 2.66. The SMILES string of the molecule is COc1cc(N2CCN(C(=O)c3ccc(Cl)cc3)CC2)nc(OC)n1. The predicted molar refractivity (Wildman–Crippen MR) is 94.7 cm³/mol. The van der Waals surface area contributed by atoms with Gasteiger partial charge in [0.15, 0.2) is 0 Å². The highest BCUT2D eigenvalue weighted by Crippen LogP contribution is 2.22. The molecule has 0 bridgehead atoms. The first kappa shape index (κ1) is 17.3. The number of methoxy groups -OCH3 is 2. The van der Waals surface area contributed by atoms with Crippen molar-refractivity contribution in [2.45, 2.75) is 0 Å². The highest BCUT2D eigenvalue weighted by molar-refractivity contribution is 6.30. The first-order valence-corrected chi connectivity index (χ1v) is 8.25. The molecule has 1 fully saturated rings. The van der Waals surface area contributed by atoms with Crippen LogP contribution < -0.4 is 14.4 Å². The van der Waals surface area contributed by atoms with Crippen molar-refractivity contribution >= 4 is 23.3 Å². The molecule has 0 aliphatic carbocycles. The molecule has 25 heavy (non-hydrogen) atoms. The van der Waals surface area contributed by atoms with Crippen molar-refractivity contribution in [3.05, 3.63) is 40.9 Å². The predicted octanol–water partition coefficient (Wildman–Crippen LogP) is 2.11. The molecule has 1 aromatic carbocycles. The Morgan fingerprint density at radius 2 is 1.72 bits per heavy atom. The Morgan fingerprint density at radius 1 is 1.04 bits per heavy atom. The van der Waals surface area contributed by atoms with Gasteiger partial charge in [0.25, 0.3) is 5.91 Å². The highest BCUT2D eigenvalue weighted by Gasteiger charge is 2.23. The number of hydrogen-bond donors (Lipinski definition) is 0. The summed E-state index contributed by atoms with van der Waals surface area (Å²) in [4.78, 5) is 24.9. The molecular formula is C17H19ClN4O3. The smallest absolute Gasteiger partial charge is 0.321 e. The lowest BCUT2D eigenvalue weighted by Gasteiger charge is -2.35. The monoisotopic (exact) mass is 362 g/mol. The molecule has 7 nitrogen and oxygen atoms in total. The fraction of sp³-hybridized carbons (Fsp3) is 0.353. The molecule has 2 heterocycles. The Morgan fingerprint density at radius 3 is 2.32 bits per heavy atom. The molecule has 132 valence electrons. The number of carbonyl (C=O) groups excluding carboxylic acids is 1. The largest absolute Gasteiger partial charge is 0.481 e. The number of halogens is 1. The number of ether oxygens (including phenoxy) is 2. The summed E-state index contributed by atoms with van der Waals surface area (Å²) in [5.41, 5.74) is 0.642. The zero-order valence-electron chi connectivity index (χ0n) is 14.1. The summed E-state index contributed by atoms with van der Waals surface area (Å²) < 4.78 is 10.3. The molecule has 1 amide bonds. The molecule has 0 N–H and O–H groups in total. The number of amides is 1. The van der Waals surface area contributed by atoms with E-state index in [0.29, 0.717) is 42.6 Å². The maximum Gasteiger partial charge on any atom is 0.321 e. The van der Waals surface area contributed by atoms with Crippen molar-refractivity contribution < 1.29 is 14.3 Å². The van der Waals surface area contributed by atoms with Gasteiger partial charge in [-0.25, -0.2) is 0 Å². The van der Waals surface area contributed by atoms with Crippen molar-refractivity contribution in [1.29, 1.82) is 0 Å². The second kappa shape index (κ2) is 7.57. The minimum atomic E-state index is 0.00849. The molecule has 0 unspecified atom stereocenters. The van der Waals surface area contributed by atoms with Crippen LogP contribution in [0.3, 0.4) is 0 Å². The van der Waals surface area contributed by atoms with Crippen molar-refractivity contribution in [3.63, 3.8) is 0 Å². The first-order valence-electron chi connectivity index (χ1n) is 7.87. The third-order valence-electron chi connectivity index (χ3n) is 4.04. The first-order chi connectivity index (χ1) is 12.1. The number of piperazine rings is 1. The van der Waals surface area contributed by atoms with E-state index in [1.54, 1.807) is 37.4 Å². The van der Waals surface area contributed by atoms with Crippen LogP contribution in [-0.4, -0.2) is 61.2 Å². The summed E-state index contributed by atoms with van der Waals surface area (Å²) >= 11 is 5.87. The van der Waals surface area contributed by atoms with Crippen LogP contribution in [0.15, 0.2) is 30.3 Å². The van der Waals surface area contributed by atoms with E-state index < -0.39 is 0 Å². The summed E-state index contributed by atoms with van der Waals surface area (Å²) in [6, 6.07) is 8.97. The molecule has 3 rings (SSSR count). The van der Waals surface area contributed by atoms with Gasteiger partial charge in [-0.3, -0.25) is 4.79 Å². The van der Waals surface area contributed by atoms with Crippen molar-refractivity contribution in [2.75, 3.05) is 45.3 Å². The number of carbonyl (C=O) groups is 1. The van der Waals surface area contributed by atoms with E-state index in [1.165, 1.54) is 7.11 Å². The van der Waals surface area contributed by atoms with Crippen LogP contribution in [-0.2, 0) is 0 Å². The average molecular weight is 363 g/mol. The molecule has 1 aliphatic rings. The normalized spacial score (nSPS) is 14.4. The maximum atomic E-state index is 12.6. The minimum absolute atomic E-state index is 0.00849. The van der Waals surface area contributed by atoms with Crippen molar-refractivity contribution in [3.8, 4) is 11.9 Å². The van der Waals surface area contributed by atoms with Crippen LogP contribution in [0.5, 0.6) is 11.9 Å². The standard InChI is InChI=1S/C17H19ClN4O3/c1-24-15-11-14(19-17(20-15)25-2)21-7-9-22(10-8-21)16(23)12-3-5-13(18)6-4-12/h3-6,11H,7-10H2,1-2H3. The Kier molecular flexibility index (Phi) is 5.23. The van der Waals surface area contributed by atoms with Gasteiger partial charge in [0.1, 0.15) is 5.82 Å². The number of rotatable bonds is 4. The Bertz CT molecular complexity index is 724. The van der Waals surface area contributed by atoms with E-state index >= 15 is 0 Å². The van der Waals surface area contributed by atoms with Crippen LogP contribution in [0.2, 0.25) is 5.02 Å². The van der Waals surface area contributed by atoms with E-state index in [1.807, 2.05) is 4.90 Å². The molecule has 8 heteroatoms. The van der Waals surface area contributed by atoms with Crippen molar-refractivity contribution in [2.24, 2.45) is 0 Å². The van der Waals surface area contributed by atoms with Gasteiger partial charge in [0, 0.05) is 42.8 Å². The second-order valence-corrected chi connectivity index (χ2v) is 5.98. The minimum Gasteiger partial charge on any atom is -0.481 e. The Labute approximate surface area is 151 Å². The molecule has 2 aromatic rings.